The summed E-state index contributed by atoms with van der Waals surface area (Å²) in [6.45, 7) is 1.08. The van der Waals surface area contributed by atoms with Crippen LogP contribution < -0.4 is 14.8 Å². The highest BCUT2D eigenvalue weighted by Gasteiger charge is 2.28. The van der Waals surface area contributed by atoms with Crippen molar-refractivity contribution in [1.29, 1.82) is 0 Å². The summed E-state index contributed by atoms with van der Waals surface area (Å²) < 4.78 is 10.5. The lowest BCUT2D eigenvalue weighted by atomic mass is 9.95. The van der Waals surface area contributed by atoms with Gasteiger partial charge >= 0.3 is 0 Å². The van der Waals surface area contributed by atoms with E-state index in [2.05, 4.69) is 5.32 Å². The number of carbonyl (C=O) groups excluding carboxylic acids is 2. The van der Waals surface area contributed by atoms with Gasteiger partial charge in [-0.3, -0.25) is 9.59 Å². The molecule has 148 valence electrons. The highest BCUT2D eigenvalue weighted by molar-refractivity contribution is 6.30. The van der Waals surface area contributed by atoms with Crippen molar-refractivity contribution in [2.24, 2.45) is 5.92 Å². The molecule has 0 aliphatic carbocycles. The summed E-state index contributed by atoms with van der Waals surface area (Å²) in [5, 5.41) is 3.52. The SMILES string of the molecule is COc1ccc(NC(=O)C2CCN(C(=O)c3ccc(Cl)cc3)CC2)c(OC)c1. The summed E-state index contributed by atoms with van der Waals surface area (Å²) >= 11 is 5.88. The molecule has 0 atom stereocenters. The third kappa shape index (κ3) is 4.57. The number of carbonyl (C=O) groups is 2. The largest absolute Gasteiger partial charge is 0.497 e. The van der Waals surface area contributed by atoms with E-state index in [-0.39, 0.29) is 17.7 Å². The monoisotopic (exact) mass is 402 g/mol. The van der Waals surface area contributed by atoms with Crippen LogP contribution in [0.1, 0.15) is 23.2 Å². The molecule has 1 N–H and O–H groups in total. The Labute approximate surface area is 169 Å². The molecular weight excluding hydrogens is 380 g/mol. The van der Waals surface area contributed by atoms with Gasteiger partial charge in [0.2, 0.25) is 5.91 Å². The van der Waals surface area contributed by atoms with E-state index in [1.807, 2.05) is 0 Å². The van der Waals surface area contributed by atoms with Gasteiger partial charge in [-0.25, -0.2) is 0 Å². The number of halogens is 1. The Morgan fingerprint density at radius 2 is 1.71 bits per heavy atom. The first-order valence-corrected chi connectivity index (χ1v) is 9.47. The van der Waals surface area contributed by atoms with Gasteiger partial charge in [-0.15, -0.1) is 0 Å². The summed E-state index contributed by atoms with van der Waals surface area (Å²) in [6.07, 6.45) is 1.23. The van der Waals surface area contributed by atoms with E-state index < -0.39 is 0 Å². The number of hydrogen-bond donors (Lipinski definition) is 1. The highest BCUT2D eigenvalue weighted by Crippen LogP contribution is 2.30. The first kappa shape index (κ1) is 20.0. The fourth-order valence-corrected chi connectivity index (χ4v) is 3.38. The zero-order valence-corrected chi connectivity index (χ0v) is 16.7. The number of nitrogens with one attached hydrogen (secondary N) is 1. The first-order chi connectivity index (χ1) is 13.5. The van der Waals surface area contributed by atoms with Crippen molar-refractivity contribution in [3.8, 4) is 11.5 Å². The smallest absolute Gasteiger partial charge is 0.253 e. The molecule has 1 saturated heterocycles. The molecule has 28 heavy (non-hydrogen) atoms. The summed E-state index contributed by atoms with van der Waals surface area (Å²) in [5.74, 6) is 0.947. The fraction of sp³-hybridized carbons (Fsp3) is 0.333. The molecule has 1 fully saturated rings. The van der Waals surface area contributed by atoms with Crippen molar-refractivity contribution < 1.29 is 19.1 Å². The van der Waals surface area contributed by atoms with E-state index in [1.54, 1.807) is 61.6 Å². The van der Waals surface area contributed by atoms with Gasteiger partial charge < -0.3 is 19.7 Å². The summed E-state index contributed by atoms with van der Waals surface area (Å²) in [4.78, 5) is 27.0. The van der Waals surface area contributed by atoms with Crippen LogP contribution in [0.15, 0.2) is 42.5 Å². The van der Waals surface area contributed by atoms with Crippen molar-refractivity contribution >= 4 is 29.1 Å². The zero-order valence-electron chi connectivity index (χ0n) is 15.9. The molecule has 2 aromatic carbocycles. The molecule has 0 unspecified atom stereocenters. The molecule has 1 aliphatic heterocycles. The van der Waals surface area contributed by atoms with Crippen molar-refractivity contribution in [2.75, 3.05) is 32.6 Å². The molecule has 0 saturated carbocycles. The Kier molecular flexibility index (Phi) is 6.41. The van der Waals surface area contributed by atoms with Crippen LogP contribution >= 0.6 is 11.6 Å². The minimum atomic E-state index is -0.152. The van der Waals surface area contributed by atoms with Gasteiger partial charge in [0, 0.05) is 35.7 Å². The molecule has 2 amide bonds. The van der Waals surface area contributed by atoms with E-state index in [0.717, 1.165) is 0 Å². The topological polar surface area (TPSA) is 67.9 Å². The average Bonchev–Trinajstić information content (AvgIpc) is 2.74. The number of piperidine rings is 1. The molecule has 0 bridgehead atoms. The number of ether oxygens (including phenoxy) is 2. The number of hydrogen-bond acceptors (Lipinski definition) is 4. The minimum absolute atomic E-state index is 0.0349. The quantitative estimate of drug-likeness (QED) is 0.824. The predicted octanol–water partition coefficient (Wildman–Crippen LogP) is 3.85. The summed E-state index contributed by atoms with van der Waals surface area (Å²) in [5.41, 5.74) is 1.21. The maximum absolute atomic E-state index is 12.7. The molecule has 0 aromatic heterocycles. The summed E-state index contributed by atoms with van der Waals surface area (Å²) in [7, 11) is 3.12. The molecule has 1 heterocycles. The molecule has 0 radical (unpaired) electrons. The Hall–Kier alpha value is -2.73. The van der Waals surface area contributed by atoms with E-state index in [9.17, 15) is 9.59 Å². The van der Waals surface area contributed by atoms with Gasteiger partial charge in [0.1, 0.15) is 11.5 Å². The maximum atomic E-state index is 12.7. The van der Waals surface area contributed by atoms with Crippen molar-refractivity contribution in [3.05, 3.63) is 53.1 Å². The van der Waals surface area contributed by atoms with E-state index in [0.29, 0.717) is 53.7 Å². The lowest BCUT2D eigenvalue weighted by Crippen LogP contribution is -2.41. The third-order valence-corrected chi connectivity index (χ3v) is 5.16. The standard InChI is InChI=1S/C21H23ClN2O4/c1-27-17-7-8-18(19(13-17)28-2)23-20(25)14-9-11-24(12-10-14)21(26)15-3-5-16(22)6-4-15/h3-8,13-14H,9-12H2,1-2H3,(H,23,25). The third-order valence-electron chi connectivity index (χ3n) is 4.91. The number of amides is 2. The van der Waals surface area contributed by atoms with Crippen LogP contribution in [0, 0.1) is 5.92 Å². The second-order valence-corrected chi connectivity index (χ2v) is 7.07. The lowest BCUT2D eigenvalue weighted by molar-refractivity contribution is -0.121. The number of nitrogens with zero attached hydrogens (tertiary/aromatic N) is 1. The van der Waals surface area contributed by atoms with E-state index >= 15 is 0 Å². The fourth-order valence-electron chi connectivity index (χ4n) is 3.26. The van der Waals surface area contributed by atoms with Crippen molar-refractivity contribution in [2.45, 2.75) is 12.8 Å². The Morgan fingerprint density at radius 1 is 1.04 bits per heavy atom. The van der Waals surface area contributed by atoms with Crippen LogP contribution in [0.4, 0.5) is 5.69 Å². The maximum Gasteiger partial charge on any atom is 0.253 e. The number of likely N-dealkylation sites (tertiary alicyclic amines) is 1. The molecule has 1 aliphatic rings. The van der Waals surface area contributed by atoms with Crippen LogP contribution in [0.25, 0.3) is 0 Å². The van der Waals surface area contributed by atoms with Gasteiger partial charge in [0.25, 0.3) is 5.91 Å². The number of methoxy groups -OCH3 is 2. The minimum Gasteiger partial charge on any atom is -0.497 e. The number of benzene rings is 2. The molecule has 0 spiro atoms. The van der Waals surface area contributed by atoms with Crippen molar-refractivity contribution in [1.82, 2.24) is 4.90 Å². The van der Waals surface area contributed by atoms with Crippen molar-refractivity contribution in [3.63, 3.8) is 0 Å². The molecule has 3 rings (SSSR count). The normalized spacial score (nSPS) is 14.5. The second kappa shape index (κ2) is 8.97. The molecule has 2 aromatic rings. The lowest BCUT2D eigenvalue weighted by Gasteiger charge is -2.31. The molecular formula is C21H23ClN2O4. The Bertz CT molecular complexity index is 846. The van der Waals surface area contributed by atoms with Gasteiger partial charge in [-0.1, -0.05) is 11.6 Å². The Balaban J connectivity index is 1.58. The second-order valence-electron chi connectivity index (χ2n) is 6.63. The zero-order chi connectivity index (χ0) is 20.1. The number of rotatable bonds is 5. The number of anilines is 1. The van der Waals surface area contributed by atoms with E-state index in [1.165, 1.54) is 0 Å². The predicted molar refractivity (Wildman–Crippen MR) is 108 cm³/mol. The van der Waals surface area contributed by atoms with Gasteiger partial charge in [0.15, 0.2) is 0 Å². The van der Waals surface area contributed by atoms with Gasteiger partial charge in [-0.05, 0) is 49.2 Å². The molecule has 6 nitrogen and oxygen atoms in total. The first-order valence-electron chi connectivity index (χ1n) is 9.09. The summed E-state index contributed by atoms with van der Waals surface area (Å²) in [6, 6.07) is 12.1. The Morgan fingerprint density at radius 3 is 2.32 bits per heavy atom. The van der Waals surface area contributed by atoms with Crippen LogP contribution in [0.5, 0.6) is 11.5 Å². The van der Waals surface area contributed by atoms with Crippen LogP contribution in [-0.2, 0) is 4.79 Å². The van der Waals surface area contributed by atoms with Crippen LogP contribution in [-0.4, -0.2) is 44.0 Å². The van der Waals surface area contributed by atoms with Gasteiger partial charge in [0.05, 0.1) is 19.9 Å². The average molecular weight is 403 g/mol. The van der Waals surface area contributed by atoms with Crippen LogP contribution in [0.2, 0.25) is 5.02 Å². The molecule has 7 heteroatoms. The van der Waals surface area contributed by atoms with Gasteiger partial charge in [-0.2, -0.15) is 0 Å². The highest BCUT2D eigenvalue weighted by atomic mass is 35.5. The van der Waals surface area contributed by atoms with Crippen LogP contribution in [0.3, 0.4) is 0 Å². The van der Waals surface area contributed by atoms with E-state index in [4.69, 9.17) is 21.1 Å².